The van der Waals surface area contributed by atoms with Crippen molar-refractivity contribution in [2.45, 2.75) is 44.6 Å². The quantitative estimate of drug-likeness (QED) is 0.711. The lowest BCUT2D eigenvalue weighted by molar-refractivity contribution is -0.135. The molecule has 2 amide bonds. The summed E-state index contributed by atoms with van der Waals surface area (Å²) in [7, 11) is 0. The summed E-state index contributed by atoms with van der Waals surface area (Å²) < 4.78 is 5.51. The molecule has 1 heterocycles. The van der Waals surface area contributed by atoms with Crippen molar-refractivity contribution in [3.63, 3.8) is 0 Å². The predicted octanol–water partition coefficient (Wildman–Crippen LogP) is 0.736. The monoisotopic (exact) mass is 341 g/mol. The number of ether oxygens (including phenoxy) is 1. The first-order valence-electron chi connectivity index (χ1n) is 7.57. The SMILES string of the molecule is CC(NC(=O)[C@@H]1CC[C@H](CN)O1)C(=O)NCc1ccccc1.Cl. The van der Waals surface area contributed by atoms with E-state index in [0.29, 0.717) is 19.5 Å². The minimum atomic E-state index is -0.600. The largest absolute Gasteiger partial charge is 0.364 e. The maximum Gasteiger partial charge on any atom is 0.249 e. The summed E-state index contributed by atoms with van der Waals surface area (Å²) in [5.41, 5.74) is 6.53. The molecule has 0 spiro atoms. The number of nitrogens with one attached hydrogen (secondary N) is 2. The Morgan fingerprint density at radius 2 is 2.00 bits per heavy atom. The number of carbonyl (C=O) groups excluding carboxylic acids is 2. The van der Waals surface area contributed by atoms with Gasteiger partial charge >= 0.3 is 0 Å². The van der Waals surface area contributed by atoms with E-state index in [0.717, 1.165) is 12.0 Å². The van der Waals surface area contributed by atoms with Gasteiger partial charge in [-0.05, 0) is 25.3 Å². The average molecular weight is 342 g/mol. The molecule has 0 bridgehead atoms. The Bertz CT molecular complexity index is 513. The highest BCUT2D eigenvalue weighted by molar-refractivity contribution is 5.89. The zero-order chi connectivity index (χ0) is 15.9. The number of benzene rings is 1. The average Bonchev–Trinajstić information content (AvgIpc) is 3.02. The van der Waals surface area contributed by atoms with Crippen LogP contribution in [0.1, 0.15) is 25.3 Å². The first-order chi connectivity index (χ1) is 10.6. The zero-order valence-electron chi connectivity index (χ0n) is 13.2. The van der Waals surface area contributed by atoms with Gasteiger partial charge in [-0.25, -0.2) is 0 Å². The van der Waals surface area contributed by atoms with Crippen LogP contribution in [0.2, 0.25) is 0 Å². The number of amides is 2. The van der Waals surface area contributed by atoms with Gasteiger partial charge < -0.3 is 21.1 Å². The smallest absolute Gasteiger partial charge is 0.249 e. The number of nitrogens with two attached hydrogens (primary N) is 1. The van der Waals surface area contributed by atoms with Gasteiger partial charge in [0.05, 0.1) is 6.10 Å². The Morgan fingerprint density at radius 3 is 2.61 bits per heavy atom. The van der Waals surface area contributed by atoms with E-state index in [4.69, 9.17) is 10.5 Å². The third kappa shape index (κ3) is 5.82. The summed E-state index contributed by atoms with van der Waals surface area (Å²) in [4.78, 5) is 24.0. The van der Waals surface area contributed by atoms with E-state index < -0.39 is 12.1 Å². The van der Waals surface area contributed by atoms with Gasteiger partial charge in [0.15, 0.2) is 0 Å². The van der Waals surface area contributed by atoms with Crippen LogP contribution in [-0.4, -0.2) is 36.6 Å². The van der Waals surface area contributed by atoms with Crippen molar-refractivity contribution in [1.82, 2.24) is 10.6 Å². The summed E-state index contributed by atoms with van der Waals surface area (Å²) in [5, 5.41) is 5.49. The molecule has 0 saturated carbocycles. The Morgan fingerprint density at radius 1 is 1.30 bits per heavy atom. The van der Waals surface area contributed by atoms with Crippen LogP contribution >= 0.6 is 12.4 Å². The molecule has 0 aromatic heterocycles. The van der Waals surface area contributed by atoms with Crippen molar-refractivity contribution in [2.75, 3.05) is 6.54 Å². The predicted molar refractivity (Wildman–Crippen MR) is 90.1 cm³/mol. The van der Waals surface area contributed by atoms with E-state index in [1.54, 1.807) is 6.92 Å². The fourth-order valence-corrected chi connectivity index (χ4v) is 2.38. The van der Waals surface area contributed by atoms with Gasteiger partial charge in [0.2, 0.25) is 11.8 Å². The second kappa shape index (κ2) is 9.50. The number of hydrogen-bond donors (Lipinski definition) is 3. The molecule has 1 unspecified atom stereocenters. The third-order valence-corrected chi connectivity index (χ3v) is 3.72. The first-order valence-corrected chi connectivity index (χ1v) is 7.57. The van der Waals surface area contributed by atoms with Gasteiger partial charge in [-0.1, -0.05) is 30.3 Å². The molecule has 23 heavy (non-hydrogen) atoms. The number of halogens is 1. The van der Waals surface area contributed by atoms with Crippen molar-refractivity contribution in [1.29, 1.82) is 0 Å². The van der Waals surface area contributed by atoms with Gasteiger partial charge in [0.1, 0.15) is 12.1 Å². The van der Waals surface area contributed by atoms with E-state index in [-0.39, 0.29) is 30.3 Å². The van der Waals surface area contributed by atoms with Gasteiger partial charge in [-0.3, -0.25) is 9.59 Å². The highest BCUT2D eigenvalue weighted by Crippen LogP contribution is 2.18. The molecule has 1 aromatic carbocycles. The van der Waals surface area contributed by atoms with E-state index in [1.807, 2.05) is 30.3 Å². The topological polar surface area (TPSA) is 93.5 Å². The van der Waals surface area contributed by atoms with Crippen LogP contribution in [-0.2, 0) is 20.9 Å². The Balaban J connectivity index is 0.00000264. The molecule has 128 valence electrons. The van der Waals surface area contributed by atoms with Crippen LogP contribution in [0.4, 0.5) is 0 Å². The lowest BCUT2D eigenvalue weighted by Crippen LogP contribution is -2.48. The Kier molecular flexibility index (Phi) is 8.02. The molecule has 4 N–H and O–H groups in total. The summed E-state index contributed by atoms with van der Waals surface area (Å²) in [6.07, 6.45) is 0.866. The molecule has 1 saturated heterocycles. The van der Waals surface area contributed by atoms with Crippen molar-refractivity contribution >= 4 is 24.2 Å². The van der Waals surface area contributed by atoms with Crippen LogP contribution < -0.4 is 16.4 Å². The Labute approximate surface area is 142 Å². The van der Waals surface area contributed by atoms with Crippen molar-refractivity contribution in [3.8, 4) is 0 Å². The van der Waals surface area contributed by atoms with Gasteiger partial charge in [0, 0.05) is 13.1 Å². The van der Waals surface area contributed by atoms with Crippen LogP contribution in [0.5, 0.6) is 0 Å². The fourth-order valence-electron chi connectivity index (χ4n) is 2.38. The van der Waals surface area contributed by atoms with Crippen LogP contribution in [0.15, 0.2) is 30.3 Å². The minimum Gasteiger partial charge on any atom is -0.364 e. The van der Waals surface area contributed by atoms with Crippen molar-refractivity contribution in [2.24, 2.45) is 5.73 Å². The molecule has 7 heteroatoms. The van der Waals surface area contributed by atoms with Crippen LogP contribution in [0.25, 0.3) is 0 Å². The first kappa shape index (κ1) is 19.4. The normalized spacial score (nSPS) is 21.1. The summed E-state index contributed by atoms with van der Waals surface area (Å²) in [6.45, 7) is 2.51. The lowest BCUT2D eigenvalue weighted by Gasteiger charge is -2.17. The second-order valence-electron chi connectivity index (χ2n) is 5.49. The van der Waals surface area contributed by atoms with Gasteiger partial charge in [-0.15, -0.1) is 12.4 Å². The maximum absolute atomic E-state index is 12.0. The summed E-state index contributed by atoms with van der Waals surface area (Å²) in [6, 6.07) is 9.02. The zero-order valence-corrected chi connectivity index (χ0v) is 14.0. The molecule has 1 fully saturated rings. The van der Waals surface area contributed by atoms with E-state index >= 15 is 0 Å². The molecule has 3 atom stereocenters. The van der Waals surface area contributed by atoms with E-state index in [9.17, 15) is 9.59 Å². The van der Waals surface area contributed by atoms with Crippen molar-refractivity contribution in [3.05, 3.63) is 35.9 Å². The molecular formula is C16H24ClN3O3. The molecule has 0 aliphatic carbocycles. The second-order valence-corrected chi connectivity index (χ2v) is 5.49. The molecule has 6 nitrogen and oxygen atoms in total. The Hall–Kier alpha value is -1.63. The molecule has 0 radical (unpaired) electrons. The fraction of sp³-hybridized carbons (Fsp3) is 0.500. The van der Waals surface area contributed by atoms with E-state index in [1.165, 1.54) is 0 Å². The minimum absolute atomic E-state index is 0. The molecular weight excluding hydrogens is 318 g/mol. The molecule has 1 aliphatic rings. The van der Waals surface area contributed by atoms with Gasteiger partial charge in [0.25, 0.3) is 0 Å². The molecule has 2 rings (SSSR count). The highest BCUT2D eigenvalue weighted by Gasteiger charge is 2.31. The van der Waals surface area contributed by atoms with Gasteiger partial charge in [-0.2, -0.15) is 0 Å². The van der Waals surface area contributed by atoms with Crippen LogP contribution in [0, 0.1) is 0 Å². The standard InChI is InChI=1S/C16H23N3O3.ClH/c1-11(15(20)18-10-12-5-3-2-4-6-12)19-16(21)14-8-7-13(9-17)22-14;/h2-6,11,13-14H,7-10,17H2,1H3,(H,18,20)(H,19,21);1H/t11?,13-,14+;/m1./s1. The highest BCUT2D eigenvalue weighted by atomic mass is 35.5. The number of carbonyl (C=O) groups is 2. The maximum atomic E-state index is 12.0. The van der Waals surface area contributed by atoms with Crippen molar-refractivity contribution < 1.29 is 14.3 Å². The lowest BCUT2D eigenvalue weighted by atomic mass is 10.1. The summed E-state index contributed by atoms with van der Waals surface area (Å²) >= 11 is 0. The van der Waals surface area contributed by atoms with E-state index in [2.05, 4.69) is 10.6 Å². The molecule has 1 aromatic rings. The van der Waals surface area contributed by atoms with Crippen LogP contribution in [0.3, 0.4) is 0 Å². The summed E-state index contributed by atoms with van der Waals surface area (Å²) in [5.74, 6) is -0.469. The number of rotatable bonds is 6. The number of hydrogen-bond acceptors (Lipinski definition) is 4. The molecule has 1 aliphatic heterocycles. The third-order valence-electron chi connectivity index (χ3n) is 3.72.